The number of amides is 1. The van der Waals surface area contributed by atoms with Gasteiger partial charge in [-0.1, -0.05) is 29.4 Å². The van der Waals surface area contributed by atoms with Crippen LogP contribution in [-0.4, -0.2) is 42.7 Å². The third kappa shape index (κ3) is 5.97. The van der Waals surface area contributed by atoms with Crippen LogP contribution in [0.5, 0.6) is 11.5 Å². The Balaban J connectivity index is 1.31. The lowest BCUT2D eigenvalue weighted by Gasteiger charge is -2.28. The van der Waals surface area contributed by atoms with Crippen LogP contribution >= 0.6 is 0 Å². The average Bonchev–Trinajstić information content (AvgIpc) is 3.49. The molecule has 180 valence electrons. The molecule has 1 amide bonds. The van der Waals surface area contributed by atoms with Crippen LogP contribution in [0.2, 0.25) is 0 Å². The highest BCUT2D eigenvalue weighted by Gasteiger charge is 2.24. The first-order valence-electron chi connectivity index (χ1n) is 11.8. The van der Waals surface area contributed by atoms with Crippen molar-refractivity contribution in [2.45, 2.75) is 45.8 Å². The van der Waals surface area contributed by atoms with E-state index in [0.29, 0.717) is 19.6 Å². The molecule has 7 heteroatoms. The van der Waals surface area contributed by atoms with E-state index in [0.717, 1.165) is 47.2 Å². The summed E-state index contributed by atoms with van der Waals surface area (Å²) >= 11 is 0. The van der Waals surface area contributed by atoms with Gasteiger partial charge in [-0.05, 0) is 75.2 Å². The van der Waals surface area contributed by atoms with Gasteiger partial charge in [-0.2, -0.15) is 0 Å². The highest BCUT2D eigenvalue weighted by atomic mass is 16.5. The van der Waals surface area contributed by atoms with Crippen LogP contribution < -0.4 is 14.8 Å². The minimum Gasteiger partial charge on any atom is -0.497 e. The van der Waals surface area contributed by atoms with E-state index < -0.39 is 0 Å². The summed E-state index contributed by atoms with van der Waals surface area (Å²) in [5.74, 6) is 2.37. The number of nitrogens with zero attached hydrogens (tertiary/aromatic N) is 2. The maximum Gasteiger partial charge on any atom is 0.224 e. The van der Waals surface area contributed by atoms with Gasteiger partial charge in [-0.25, -0.2) is 0 Å². The standard InChI is InChI=1S/C27H33N3O4/c1-19-25(20(2)34-29-19)18-33-24-10-6-21(7-11-24)16-27(31)28-17-26(30-14-4-5-15-30)22-8-12-23(32-3)13-9-22/h6-13,26H,4-5,14-18H2,1-3H3,(H,28,31). The number of aryl methyl sites for hydroxylation is 2. The van der Waals surface area contributed by atoms with Gasteiger partial charge in [0.1, 0.15) is 23.9 Å². The number of benzene rings is 2. The Labute approximate surface area is 201 Å². The van der Waals surface area contributed by atoms with Crippen LogP contribution in [0.4, 0.5) is 0 Å². The van der Waals surface area contributed by atoms with Gasteiger partial charge in [0.15, 0.2) is 0 Å². The van der Waals surface area contributed by atoms with Crippen molar-refractivity contribution >= 4 is 5.91 Å². The Kier molecular flexibility index (Phi) is 7.85. The summed E-state index contributed by atoms with van der Waals surface area (Å²) in [5, 5.41) is 7.09. The zero-order valence-corrected chi connectivity index (χ0v) is 20.2. The first-order chi connectivity index (χ1) is 16.5. The van der Waals surface area contributed by atoms with Crippen molar-refractivity contribution in [2.24, 2.45) is 0 Å². The fourth-order valence-electron chi connectivity index (χ4n) is 4.36. The van der Waals surface area contributed by atoms with E-state index in [4.69, 9.17) is 14.0 Å². The van der Waals surface area contributed by atoms with Gasteiger partial charge >= 0.3 is 0 Å². The molecule has 0 bridgehead atoms. The normalized spacial score (nSPS) is 14.7. The molecule has 0 saturated carbocycles. The van der Waals surface area contributed by atoms with Crippen molar-refractivity contribution in [2.75, 3.05) is 26.7 Å². The quantitative estimate of drug-likeness (QED) is 0.481. The van der Waals surface area contributed by atoms with E-state index in [2.05, 4.69) is 27.5 Å². The van der Waals surface area contributed by atoms with E-state index in [-0.39, 0.29) is 11.9 Å². The highest BCUT2D eigenvalue weighted by molar-refractivity contribution is 5.78. The molecule has 3 aromatic rings. The maximum absolute atomic E-state index is 12.7. The Morgan fingerprint density at radius 1 is 1.06 bits per heavy atom. The van der Waals surface area contributed by atoms with Gasteiger partial charge in [0.05, 0.1) is 30.8 Å². The van der Waals surface area contributed by atoms with Crippen molar-refractivity contribution in [1.29, 1.82) is 0 Å². The summed E-state index contributed by atoms with van der Waals surface area (Å²) in [6, 6.07) is 16.0. The minimum absolute atomic E-state index is 0.0158. The summed E-state index contributed by atoms with van der Waals surface area (Å²) in [7, 11) is 1.67. The van der Waals surface area contributed by atoms with Crippen molar-refractivity contribution < 1.29 is 18.8 Å². The SMILES string of the molecule is COc1ccc(C(CNC(=O)Cc2ccc(OCc3c(C)noc3C)cc2)N2CCCC2)cc1. The zero-order chi connectivity index (χ0) is 23.9. The average molecular weight is 464 g/mol. The molecule has 1 unspecified atom stereocenters. The van der Waals surface area contributed by atoms with Gasteiger partial charge in [0.2, 0.25) is 5.91 Å². The second kappa shape index (κ2) is 11.2. The minimum atomic E-state index is 0.0158. The van der Waals surface area contributed by atoms with Crippen LogP contribution in [0.3, 0.4) is 0 Å². The fourth-order valence-corrected chi connectivity index (χ4v) is 4.36. The molecular weight excluding hydrogens is 430 g/mol. The van der Waals surface area contributed by atoms with Crippen molar-refractivity contribution in [3.8, 4) is 11.5 Å². The van der Waals surface area contributed by atoms with Crippen LogP contribution in [0.1, 0.15) is 47.0 Å². The van der Waals surface area contributed by atoms with Gasteiger partial charge in [0, 0.05) is 6.54 Å². The topological polar surface area (TPSA) is 76.8 Å². The van der Waals surface area contributed by atoms with E-state index in [1.54, 1.807) is 7.11 Å². The van der Waals surface area contributed by atoms with Gasteiger partial charge < -0.3 is 19.3 Å². The van der Waals surface area contributed by atoms with E-state index in [9.17, 15) is 4.79 Å². The van der Waals surface area contributed by atoms with Crippen molar-refractivity contribution in [3.63, 3.8) is 0 Å². The van der Waals surface area contributed by atoms with E-state index in [1.807, 2.05) is 50.2 Å². The molecule has 34 heavy (non-hydrogen) atoms. The number of methoxy groups -OCH3 is 1. The fraction of sp³-hybridized carbons (Fsp3) is 0.407. The molecule has 1 N–H and O–H groups in total. The number of aromatic nitrogens is 1. The molecule has 7 nitrogen and oxygen atoms in total. The Morgan fingerprint density at radius 3 is 2.35 bits per heavy atom. The first kappa shape index (κ1) is 23.8. The van der Waals surface area contributed by atoms with E-state index >= 15 is 0 Å². The maximum atomic E-state index is 12.7. The molecule has 2 aromatic carbocycles. The number of ether oxygens (including phenoxy) is 2. The molecule has 1 aromatic heterocycles. The smallest absolute Gasteiger partial charge is 0.224 e. The number of rotatable bonds is 10. The van der Waals surface area contributed by atoms with Gasteiger partial charge in [0.25, 0.3) is 0 Å². The highest BCUT2D eigenvalue weighted by Crippen LogP contribution is 2.26. The summed E-state index contributed by atoms with van der Waals surface area (Å²) < 4.78 is 16.3. The molecule has 4 rings (SSSR count). The summed E-state index contributed by atoms with van der Waals surface area (Å²) in [6.45, 7) is 6.89. The lowest BCUT2D eigenvalue weighted by atomic mass is 10.0. The van der Waals surface area contributed by atoms with Crippen molar-refractivity contribution in [3.05, 3.63) is 76.7 Å². The van der Waals surface area contributed by atoms with E-state index in [1.165, 1.54) is 18.4 Å². The van der Waals surface area contributed by atoms with Crippen LogP contribution in [0, 0.1) is 13.8 Å². The number of hydrogen-bond donors (Lipinski definition) is 1. The molecule has 1 saturated heterocycles. The number of carbonyl (C=O) groups excluding carboxylic acids is 1. The number of hydrogen-bond acceptors (Lipinski definition) is 6. The summed E-state index contributed by atoms with van der Waals surface area (Å²) in [6.07, 6.45) is 2.73. The second-order valence-corrected chi connectivity index (χ2v) is 8.75. The van der Waals surface area contributed by atoms with Crippen molar-refractivity contribution in [1.82, 2.24) is 15.4 Å². The molecule has 0 aliphatic carbocycles. The molecule has 1 fully saturated rings. The lowest BCUT2D eigenvalue weighted by molar-refractivity contribution is -0.120. The molecule has 0 spiro atoms. The predicted molar refractivity (Wildman–Crippen MR) is 130 cm³/mol. The Morgan fingerprint density at radius 2 is 1.74 bits per heavy atom. The molecule has 1 aliphatic heterocycles. The third-order valence-electron chi connectivity index (χ3n) is 6.43. The molecule has 1 aliphatic rings. The first-order valence-corrected chi connectivity index (χ1v) is 11.8. The molecule has 2 heterocycles. The molecular formula is C27H33N3O4. The predicted octanol–water partition coefficient (Wildman–Crippen LogP) is 4.37. The number of nitrogens with one attached hydrogen (secondary N) is 1. The summed E-state index contributed by atoms with van der Waals surface area (Å²) in [5.41, 5.74) is 3.95. The monoisotopic (exact) mass is 463 g/mol. The zero-order valence-electron chi connectivity index (χ0n) is 20.2. The Bertz CT molecular complexity index is 1050. The van der Waals surface area contributed by atoms with Crippen LogP contribution in [0.25, 0.3) is 0 Å². The van der Waals surface area contributed by atoms with Gasteiger partial charge in [-0.15, -0.1) is 0 Å². The second-order valence-electron chi connectivity index (χ2n) is 8.75. The summed E-state index contributed by atoms with van der Waals surface area (Å²) in [4.78, 5) is 15.2. The van der Waals surface area contributed by atoms with Crippen LogP contribution in [-0.2, 0) is 17.8 Å². The van der Waals surface area contributed by atoms with Gasteiger partial charge in [-0.3, -0.25) is 9.69 Å². The van der Waals surface area contributed by atoms with Crippen LogP contribution in [0.15, 0.2) is 53.1 Å². The third-order valence-corrected chi connectivity index (χ3v) is 6.43. The molecule has 0 radical (unpaired) electrons. The largest absolute Gasteiger partial charge is 0.497 e. The number of likely N-dealkylation sites (tertiary alicyclic amines) is 1. The lowest BCUT2D eigenvalue weighted by Crippen LogP contribution is -2.37. The molecule has 1 atom stereocenters. The Hall–Kier alpha value is -3.32. The number of carbonyl (C=O) groups is 1.